The van der Waals surface area contributed by atoms with Gasteiger partial charge in [-0.3, -0.25) is 9.59 Å². The lowest BCUT2D eigenvalue weighted by atomic mass is 9.76. The summed E-state index contributed by atoms with van der Waals surface area (Å²) in [5.74, 6) is 0.918. The molecule has 86 valence electrons. The van der Waals surface area contributed by atoms with Gasteiger partial charge in [0.05, 0.1) is 0 Å². The van der Waals surface area contributed by atoms with Crippen LogP contribution >= 0.6 is 11.8 Å². The summed E-state index contributed by atoms with van der Waals surface area (Å²) in [5.41, 5.74) is 0. The van der Waals surface area contributed by atoms with Crippen molar-refractivity contribution in [2.45, 2.75) is 51.7 Å². The van der Waals surface area contributed by atoms with E-state index in [1.807, 2.05) is 13.8 Å². The highest BCUT2D eigenvalue weighted by Crippen LogP contribution is 2.40. The number of hydrogen-bond acceptors (Lipinski definition) is 3. The molecule has 2 nitrogen and oxygen atoms in total. The molecule has 3 heteroatoms. The molecule has 0 spiro atoms. The van der Waals surface area contributed by atoms with Gasteiger partial charge in [0, 0.05) is 24.0 Å². The predicted octanol–water partition coefficient (Wildman–Crippen LogP) is 3.05. The molecule has 0 saturated heterocycles. The Labute approximate surface area is 96.2 Å². The summed E-state index contributed by atoms with van der Waals surface area (Å²) in [6, 6.07) is 0. The molecule has 0 radical (unpaired) electrons. The first-order chi connectivity index (χ1) is 6.83. The summed E-state index contributed by atoms with van der Waals surface area (Å²) in [5, 5.41) is 0.103. The summed E-state index contributed by atoms with van der Waals surface area (Å²) < 4.78 is -0.233. The monoisotopic (exact) mass is 228 g/mol. The van der Waals surface area contributed by atoms with Crippen molar-refractivity contribution in [2.24, 2.45) is 11.8 Å². The highest BCUT2D eigenvalue weighted by molar-refractivity contribution is 8.14. The Morgan fingerprint density at radius 2 is 2.00 bits per heavy atom. The molecule has 1 saturated carbocycles. The van der Waals surface area contributed by atoms with Crippen LogP contribution < -0.4 is 0 Å². The van der Waals surface area contributed by atoms with Gasteiger partial charge < -0.3 is 0 Å². The lowest BCUT2D eigenvalue weighted by molar-refractivity contribution is -0.126. The Kier molecular flexibility index (Phi) is 3.99. The molecule has 1 fully saturated rings. The van der Waals surface area contributed by atoms with Crippen LogP contribution in [0, 0.1) is 11.8 Å². The first-order valence-corrected chi connectivity index (χ1v) is 6.37. The van der Waals surface area contributed by atoms with Crippen molar-refractivity contribution < 1.29 is 9.59 Å². The molecule has 1 rings (SSSR count). The van der Waals surface area contributed by atoms with Crippen LogP contribution in [0.5, 0.6) is 0 Å². The molecule has 0 heterocycles. The van der Waals surface area contributed by atoms with E-state index < -0.39 is 0 Å². The number of hydrogen-bond donors (Lipinski definition) is 0. The zero-order chi connectivity index (χ0) is 11.6. The third kappa shape index (κ3) is 3.33. The fourth-order valence-corrected chi connectivity index (χ4v) is 3.51. The van der Waals surface area contributed by atoms with E-state index in [-0.39, 0.29) is 15.8 Å². The maximum atomic E-state index is 11.9. The van der Waals surface area contributed by atoms with Crippen LogP contribution in [0.2, 0.25) is 0 Å². The second kappa shape index (κ2) is 4.69. The van der Waals surface area contributed by atoms with Crippen LogP contribution in [0.25, 0.3) is 0 Å². The van der Waals surface area contributed by atoms with E-state index in [0.717, 1.165) is 12.8 Å². The zero-order valence-corrected chi connectivity index (χ0v) is 10.8. The van der Waals surface area contributed by atoms with E-state index in [4.69, 9.17) is 0 Å². The van der Waals surface area contributed by atoms with Crippen molar-refractivity contribution in [3.63, 3.8) is 0 Å². The molecule has 1 aliphatic carbocycles. The average molecular weight is 228 g/mol. The molecular formula is C12H20O2S. The van der Waals surface area contributed by atoms with Crippen molar-refractivity contribution in [2.75, 3.05) is 0 Å². The van der Waals surface area contributed by atoms with Crippen molar-refractivity contribution in [3.05, 3.63) is 0 Å². The Bertz CT molecular complexity index is 271. The molecule has 0 unspecified atom stereocenters. The van der Waals surface area contributed by atoms with Gasteiger partial charge in [0.1, 0.15) is 5.78 Å². The predicted molar refractivity (Wildman–Crippen MR) is 63.9 cm³/mol. The van der Waals surface area contributed by atoms with E-state index >= 15 is 0 Å². The SMILES string of the molecule is CC(=O)SC(C)(C)[C@@H]1CC[C@H](C)CC1=O. The summed E-state index contributed by atoms with van der Waals surface area (Å²) in [6.07, 6.45) is 2.73. The molecule has 0 aliphatic heterocycles. The molecule has 0 bridgehead atoms. The van der Waals surface area contributed by atoms with Gasteiger partial charge in [-0.05, 0) is 32.6 Å². The van der Waals surface area contributed by atoms with Gasteiger partial charge in [0.15, 0.2) is 5.12 Å². The molecule has 1 aliphatic rings. The van der Waals surface area contributed by atoms with Crippen molar-refractivity contribution in [1.29, 1.82) is 0 Å². The third-order valence-electron chi connectivity index (χ3n) is 3.13. The molecule has 0 aromatic heterocycles. The van der Waals surface area contributed by atoms with Crippen LogP contribution in [0.4, 0.5) is 0 Å². The summed E-state index contributed by atoms with van der Waals surface area (Å²) >= 11 is 1.31. The van der Waals surface area contributed by atoms with E-state index in [2.05, 4.69) is 6.92 Å². The zero-order valence-electron chi connectivity index (χ0n) is 10.0. The van der Waals surface area contributed by atoms with E-state index in [9.17, 15) is 9.59 Å². The van der Waals surface area contributed by atoms with Crippen molar-refractivity contribution >= 4 is 22.7 Å². The van der Waals surface area contributed by atoms with Gasteiger partial charge in [0.25, 0.3) is 0 Å². The minimum absolute atomic E-state index is 0.0580. The second-order valence-electron chi connectivity index (χ2n) is 5.10. The molecule has 15 heavy (non-hydrogen) atoms. The van der Waals surface area contributed by atoms with E-state index in [1.54, 1.807) is 6.92 Å². The minimum Gasteiger partial charge on any atom is -0.299 e. The average Bonchev–Trinajstić information content (AvgIpc) is 1.99. The number of rotatable bonds is 2. The summed E-state index contributed by atoms with van der Waals surface area (Å²) in [4.78, 5) is 23.0. The van der Waals surface area contributed by atoms with Crippen LogP contribution in [0.1, 0.15) is 47.0 Å². The third-order valence-corrected chi connectivity index (χ3v) is 4.23. The first-order valence-electron chi connectivity index (χ1n) is 5.55. The van der Waals surface area contributed by atoms with Gasteiger partial charge in [-0.25, -0.2) is 0 Å². The minimum atomic E-state index is -0.233. The summed E-state index contributed by atoms with van der Waals surface area (Å²) in [6.45, 7) is 7.72. The number of carbonyl (C=O) groups is 2. The van der Waals surface area contributed by atoms with E-state index in [0.29, 0.717) is 18.1 Å². The number of Topliss-reactive ketones (excluding diaryl/α,β-unsaturated/α-hetero) is 1. The highest BCUT2D eigenvalue weighted by atomic mass is 32.2. The number of thioether (sulfide) groups is 1. The Hall–Kier alpha value is -0.310. The largest absolute Gasteiger partial charge is 0.299 e. The van der Waals surface area contributed by atoms with Gasteiger partial charge in [-0.1, -0.05) is 18.7 Å². The lowest BCUT2D eigenvalue weighted by Gasteiger charge is -2.36. The Morgan fingerprint density at radius 1 is 1.40 bits per heavy atom. The normalized spacial score (nSPS) is 27.9. The van der Waals surface area contributed by atoms with Gasteiger partial charge in [-0.2, -0.15) is 0 Å². The quantitative estimate of drug-likeness (QED) is 0.728. The molecule has 0 amide bonds. The molecule has 0 aromatic carbocycles. The van der Waals surface area contributed by atoms with E-state index in [1.165, 1.54) is 11.8 Å². The fraction of sp³-hybridized carbons (Fsp3) is 0.833. The Morgan fingerprint density at radius 3 is 2.47 bits per heavy atom. The lowest BCUT2D eigenvalue weighted by Crippen LogP contribution is -2.38. The summed E-state index contributed by atoms with van der Waals surface area (Å²) in [7, 11) is 0. The van der Waals surface area contributed by atoms with Crippen molar-refractivity contribution in [3.8, 4) is 0 Å². The van der Waals surface area contributed by atoms with Crippen LogP contribution in [0.3, 0.4) is 0 Å². The second-order valence-corrected chi connectivity index (χ2v) is 6.93. The number of ketones is 1. The Balaban J connectivity index is 2.70. The number of carbonyl (C=O) groups excluding carboxylic acids is 2. The first kappa shape index (κ1) is 12.8. The van der Waals surface area contributed by atoms with Crippen LogP contribution in [-0.2, 0) is 9.59 Å². The molecular weight excluding hydrogens is 208 g/mol. The molecule has 0 aromatic rings. The van der Waals surface area contributed by atoms with Gasteiger partial charge in [0.2, 0.25) is 0 Å². The molecule has 0 N–H and O–H groups in total. The van der Waals surface area contributed by atoms with Crippen molar-refractivity contribution in [1.82, 2.24) is 0 Å². The standard InChI is InChI=1S/C12H20O2S/c1-8-5-6-10(11(14)7-8)12(3,4)15-9(2)13/h8,10H,5-7H2,1-4H3/t8-,10+/m0/s1. The van der Waals surface area contributed by atoms with Crippen LogP contribution in [-0.4, -0.2) is 15.6 Å². The smallest absolute Gasteiger partial charge is 0.186 e. The maximum Gasteiger partial charge on any atom is 0.186 e. The van der Waals surface area contributed by atoms with Gasteiger partial charge >= 0.3 is 0 Å². The fourth-order valence-electron chi connectivity index (χ4n) is 2.38. The topological polar surface area (TPSA) is 34.1 Å². The van der Waals surface area contributed by atoms with Crippen LogP contribution in [0.15, 0.2) is 0 Å². The van der Waals surface area contributed by atoms with Gasteiger partial charge in [-0.15, -0.1) is 0 Å². The highest BCUT2D eigenvalue weighted by Gasteiger charge is 2.39. The maximum absolute atomic E-state index is 11.9. The molecule has 2 atom stereocenters.